The minimum atomic E-state index is -0.714. The molecule has 0 aromatic heterocycles. The Morgan fingerprint density at radius 2 is 2.11 bits per heavy atom. The maximum atomic E-state index is 13.3. The molecular formula is C16H23FO2. The number of ether oxygens (including phenoxy) is 1. The number of hydrogen-bond donors (Lipinski definition) is 1. The third-order valence-corrected chi connectivity index (χ3v) is 4.06. The fraction of sp³-hybridized carbons (Fsp3) is 0.625. The first-order chi connectivity index (χ1) is 9.11. The Bertz CT molecular complexity index is 417. The van der Waals surface area contributed by atoms with Gasteiger partial charge in [0.15, 0.2) is 0 Å². The highest BCUT2D eigenvalue weighted by Gasteiger charge is 2.26. The maximum absolute atomic E-state index is 13.3. The summed E-state index contributed by atoms with van der Waals surface area (Å²) in [5.74, 6) is 0.862. The summed E-state index contributed by atoms with van der Waals surface area (Å²) in [6.45, 7) is 3.83. The van der Waals surface area contributed by atoms with Crippen molar-refractivity contribution >= 4 is 0 Å². The smallest absolute Gasteiger partial charge is 0.125 e. The van der Waals surface area contributed by atoms with Crippen molar-refractivity contribution in [1.29, 1.82) is 0 Å². The lowest BCUT2D eigenvalue weighted by Crippen LogP contribution is -2.30. The number of rotatable bonds is 4. The van der Waals surface area contributed by atoms with Crippen molar-refractivity contribution in [3.63, 3.8) is 0 Å². The van der Waals surface area contributed by atoms with E-state index in [1.54, 1.807) is 13.0 Å². The van der Waals surface area contributed by atoms with Gasteiger partial charge in [0.25, 0.3) is 0 Å². The van der Waals surface area contributed by atoms with Crippen LogP contribution in [0.1, 0.15) is 57.6 Å². The second-order valence-electron chi connectivity index (χ2n) is 5.47. The summed E-state index contributed by atoms with van der Waals surface area (Å²) in [6, 6.07) is 4.40. The summed E-state index contributed by atoms with van der Waals surface area (Å²) in [5, 5.41) is 9.73. The highest BCUT2D eigenvalue weighted by molar-refractivity contribution is 5.35. The number of halogens is 1. The molecule has 1 aliphatic carbocycles. The van der Waals surface area contributed by atoms with Gasteiger partial charge in [-0.2, -0.15) is 0 Å². The molecule has 1 saturated carbocycles. The van der Waals surface area contributed by atoms with Gasteiger partial charge in [0.1, 0.15) is 17.7 Å². The molecule has 0 radical (unpaired) electrons. The van der Waals surface area contributed by atoms with Crippen molar-refractivity contribution in [2.75, 3.05) is 0 Å². The van der Waals surface area contributed by atoms with Crippen LogP contribution in [0.5, 0.6) is 5.75 Å². The van der Waals surface area contributed by atoms with Crippen molar-refractivity contribution in [2.45, 2.75) is 58.2 Å². The molecule has 1 aromatic rings. The second-order valence-corrected chi connectivity index (χ2v) is 5.47. The SMILES string of the molecule is CCC1CCCCC1Oc1ccc(F)cc1C(C)O. The van der Waals surface area contributed by atoms with E-state index in [1.807, 2.05) is 0 Å². The van der Waals surface area contributed by atoms with E-state index in [9.17, 15) is 9.50 Å². The molecule has 2 nitrogen and oxygen atoms in total. The summed E-state index contributed by atoms with van der Waals surface area (Å²) in [6.07, 6.45) is 5.30. The Morgan fingerprint density at radius 1 is 1.37 bits per heavy atom. The standard InChI is InChI=1S/C16H23FO2/c1-3-12-6-4-5-7-15(12)19-16-9-8-13(17)10-14(16)11(2)18/h8-12,15,18H,3-7H2,1-2H3. The largest absolute Gasteiger partial charge is 0.490 e. The van der Waals surface area contributed by atoms with Crippen LogP contribution in [0.2, 0.25) is 0 Å². The first kappa shape index (κ1) is 14.3. The van der Waals surface area contributed by atoms with Crippen LogP contribution in [0.25, 0.3) is 0 Å². The van der Waals surface area contributed by atoms with Crippen LogP contribution in [0, 0.1) is 11.7 Å². The molecule has 3 unspecified atom stereocenters. The number of aliphatic hydroxyl groups excluding tert-OH is 1. The van der Waals surface area contributed by atoms with Crippen LogP contribution >= 0.6 is 0 Å². The van der Waals surface area contributed by atoms with Crippen molar-refractivity contribution in [1.82, 2.24) is 0 Å². The molecule has 0 aliphatic heterocycles. The number of hydrogen-bond acceptors (Lipinski definition) is 2. The van der Waals surface area contributed by atoms with E-state index in [2.05, 4.69) is 6.92 Å². The minimum absolute atomic E-state index is 0.196. The number of aliphatic hydroxyl groups is 1. The van der Waals surface area contributed by atoms with Crippen LogP contribution < -0.4 is 4.74 Å². The van der Waals surface area contributed by atoms with Crippen LogP contribution in [-0.4, -0.2) is 11.2 Å². The fourth-order valence-corrected chi connectivity index (χ4v) is 2.91. The molecular weight excluding hydrogens is 243 g/mol. The van der Waals surface area contributed by atoms with Gasteiger partial charge in [-0.3, -0.25) is 0 Å². The minimum Gasteiger partial charge on any atom is -0.490 e. The molecule has 0 saturated heterocycles. The predicted octanol–water partition coefficient (Wildman–Crippen LogP) is 4.23. The quantitative estimate of drug-likeness (QED) is 0.883. The summed E-state index contributed by atoms with van der Waals surface area (Å²) >= 11 is 0. The van der Waals surface area contributed by atoms with Crippen molar-refractivity contribution in [3.8, 4) is 5.75 Å². The first-order valence-electron chi connectivity index (χ1n) is 7.26. The maximum Gasteiger partial charge on any atom is 0.125 e. The van der Waals surface area contributed by atoms with Crippen LogP contribution in [-0.2, 0) is 0 Å². The molecule has 0 bridgehead atoms. The predicted molar refractivity (Wildman–Crippen MR) is 73.7 cm³/mol. The molecule has 0 spiro atoms. The van der Waals surface area contributed by atoms with Gasteiger partial charge < -0.3 is 9.84 Å². The van der Waals surface area contributed by atoms with E-state index in [1.165, 1.54) is 31.4 Å². The first-order valence-corrected chi connectivity index (χ1v) is 7.26. The molecule has 0 heterocycles. The Kier molecular flexibility index (Phi) is 4.81. The second kappa shape index (κ2) is 6.38. The molecule has 1 aliphatic rings. The van der Waals surface area contributed by atoms with E-state index in [0.717, 1.165) is 12.8 Å². The van der Waals surface area contributed by atoms with Gasteiger partial charge in [0.05, 0.1) is 6.10 Å². The molecule has 3 atom stereocenters. The van der Waals surface area contributed by atoms with Gasteiger partial charge in [0, 0.05) is 5.56 Å². The normalized spacial score (nSPS) is 25.1. The Balaban J connectivity index is 2.17. The average Bonchev–Trinajstić information content (AvgIpc) is 2.41. The van der Waals surface area contributed by atoms with Crippen molar-refractivity contribution in [3.05, 3.63) is 29.6 Å². The van der Waals surface area contributed by atoms with Gasteiger partial charge in [-0.05, 0) is 56.7 Å². The third-order valence-electron chi connectivity index (χ3n) is 4.06. The van der Waals surface area contributed by atoms with Gasteiger partial charge in [-0.1, -0.05) is 13.3 Å². The van der Waals surface area contributed by atoms with E-state index in [-0.39, 0.29) is 11.9 Å². The summed E-state index contributed by atoms with van der Waals surface area (Å²) in [5.41, 5.74) is 0.542. The molecule has 2 rings (SSSR count). The Hall–Kier alpha value is -1.09. The molecule has 106 valence electrons. The summed E-state index contributed by atoms with van der Waals surface area (Å²) in [7, 11) is 0. The van der Waals surface area contributed by atoms with Gasteiger partial charge in [-0.25, -0.2) is 4.39 Å². The zero-order chi connectivity index (χ0) is 13.8. The fourth-order valence-electron chi connectivity index (χ4n) is 2.91. The average molecular weight is 266 g/mol. The van der Waals surface area contributed by atoms with Gasteiger partial charge >= 0.3 is 0 Å². The van der Waals surface area contributed by atoms with Crippen LogP contribution in [0.15, 0.2) is 18.2 Å². The molecule has 1 fully saturated rings. The van der Waals surface area contributed by atoms with E-state index in [0.29, 0.717) is 17.2 Å². The van der Waals surface area contributed by atoms with E-state index in [4.69, 9.17) is 4.74 Å². The lowest BCUT2D eigenvalue weighted by molar-refractivity contribution is 0.0853. The topological polar surface area (TPSA) is 29.5 Å². The highest BCUT2D eigenvalue weighted by Crippen LogP contribution is 2.33. The van der Waals surface area contributed by atoms with Gasteiger partial charge in [0.2, 0.25) is 0 Å². The van der Waals surface area contributed by atoms with Crippen molar-refractivity contribution in [2.24, 2.45) is 5.92 Å². The molecule has 3 heteroatoms. The summed E-state index contributed by atoms with van der Waals surface area (Å²) < 4.78 is 19.3. The summed E-state index contributed by atoms with van der Waals surface area (Å²) in [4.78, 5) is 0. The van der Waals surface area contributed by atoms with Crippen LogP contribution in [0.4, 0.5) is 4.39 Å². The van der Waals surface area contributed by atoms with E-state index >= 15 is 0 Å². The number of benzene rings is 1. The van der Waals surface area contributed by atoms with Crippen molar-refractivity contribution < 1.29 is 14.2 Å². The zero-order valence-electron chi connectivity index (χ0n) is 11.7. The molecule has 19 heavy (non-hydrogen) atoms. The van der Waals surface area contributed by atoms with Gasteiger partial charge in [-0.15, -0.1) is 0 Å². The lowest BCUT2D eigenvalue weighted by Gasteiger charge is -2.32. The zero-order valence-corrected chi connectivity index (χ0v) is 11.7. The lowest BCUT2D eigenvalue weighted by atomic mass is 9.84. The Morgan fingerprint density at radius 3 is 2.79 bits per heavy atom. The highest BCUT2D eigenvalue weighted by atomic mass is 19.1. The molecule has 0 amide bonds. The Labute approximate surface area is 114 Å². The monoisotopic (exact) mass is 266 g/mol. The third kappa shape index (κ3) is 3.47. The molecule has 1 N–H and O–H groups in total. The molecule has 1 aromatic carbocycles. The van der Waals surface area contributed by atoms with E-state index < -0.39 is 6.10 Å². The van der Waals surface area contributed by atoms with Crippen LogP contribution in [0.3, 0.4) is 0 Å².